The van der Waals surface area contributed by atoms with E-state index < -0.39 is 6.03 Å². The Bertz CT molecular complexity index is 1610. The molecule has 2 aromatic carbocycles. The normalized spacial score (nSPS) is 12.7. The fourth-order valence-corrected chi connectivity index (χ4v) is 4.54. The van der Waals surface area contributed by atoms with Crippen LogP contribution in [-0.2, 0) is 0 Å². The summed E-state index contributed by atoms with van der Waals surface area (Å²) in [6.07, 6.45) is 3.47. The number of ether oxygens (including phenoxy) is 1. The van der Waals surface area contributed by atoms with Crippen molar-refractivity contribution in [3.63, 3.8) is 0 Å². The van der Waals surface area contributed by atoms with Crippen LogP contribution < -0.4 is 26.2 Å². The Labute approximate surface area is 239 Å². The van der Waals surface area contributed by atoms with Crippen molar-refractivity contribution < 1.29 is 14.3 Å². The van der Waals surface area contributed by atoms with Gasteiger partial charge in [0.1, 0.15) is 28.2 Å². The number of carbonyl (C=O) groups is 2. The number of hydrogen-bond acceptors (Lipinski definition) is 5. The number of benzene rings is 2. The van der Waals surface area contributed by atoms with Crippen molar-refractivity contribution in [2.24, 2.45) is 0 Å². The number of likely N-dealkylation sites (tertiary alicyclic amines) is 1. The SMILES string of the molecule is Cc1ccc(-n2[nH]c(=O)cc2NC(=O)Nc2ccc(Oc3ccnc(NC(=O)N4CCCC4)c3)c(Cl)c2Cl)cc1. The van der Waals surface area contributed by atoms with Crippen LogP contribution in [0, 0.1) is 6.92 Å². The minimum Gasteiger partial charge on any atom is -0.456 e. The molecule has 0 saturated carbocycles. The quantitative estimate of drug-likeness (QED) is 0.214. The third-order valence-electron chi connectivity index (χ3n) is 6.15. The maximum atomic E-state index is 12.8. The van der Waals surface area contributed by atoms with Gasteiger partial charge in [-0.1, -0.05) is 40.9 Å². The molecule has 1 aliphatic rings. The van der Waals surface area contributed by atoms with Crippen LogP contribution in [0.15, 0.2) is 65.6 Å². The second kappa shape index (κ2) is 11.7. The molecule has 13 heteroatoms. The number of amides is 4. The standard InChI is InChI=1S/C27H25Cl2N7O4/c1-16-4-6-17(7-5-16)36-22(15-23(37)34-36)33-26(38)31-19-8-9-20(25(29)24(19)28)40-18-10-11-30-21(14-18)32-27(39)35-12-2-3-13-35/h4-11,14-15H,2-3,12-13H2,1H3,(H,34,37)(H,30,32,39)(H2,31,33,38). The van der Waals surface area contributed by atoms with Crippen molar-refractivity contribution in [3.05, 3.63) is 86.8 Å². The number of halogens is 2. The smallest absolute Gasteiger partial charge is 0.324 e. The Morgan fingerprint density at radius 1 is 0.950 bits per heavy atom. The van der Waals surface area contributed by atoms with Crippen LogP contribution in [0.4, 0.5) is 26.9 Å². The molecule has 206 valence electrons. The van der Waals surface area contributed by atoms with E-state index in [0.717, 1.165) is 18.4 Å². The van der Waals surface area contributed by atoms with Crippen molar-refractivity contribution in [2.45, 2.75) is 19.8 Å². The first kappa shape index (κ1) is 27.1. The summed E-state index contributed by atoms with van der Waals surface area (Å²) in [5, 5.41) is 10.8. The van der Waals surface area contributed by atoms with E-state index >= 15 is 0 Å². The second-order valence-corrected chi connectivity index (χ2v) is 9.85. The molecule has 0 unspecified atom stereocenters. The molecule has 3 heterocycles. The van der Waals surface area contributed by atoms with E-state index in [2.05, 4.69) is 26.0 Å². The Morgan fingerprint density at radius 2 is 1.70 bits per heavy atom. The topological polar surface area (TPSA) is 133 Å². The lowest BCUT2D eigenvalue weighted by Crippen LogP contribution is -2.32. The molecule has 4 aromatic rings. The van der Waals surface area contributed by atoms with Crippen LogP contribution in [0.3, 0.4) is 0 Å². The van der Waals surface area contributed by atoms with Gasteiger partial charge in [-0.25, -0.2) is 19.3 Å². The van der Waals surface area contributed by atoms with Gasteiger partial charge in [-0.3, -0.25) is 20.5 Å². The summed E-state index contributed by atoms with van der Waals surface area (Å²) in [6.45, 7) is 3.38. The van der Waals surface area contributed by atoms with E-state index in [1.165, 1.54) is 23.0 Å². The zero-order valence-electron chi connectivity index (χ0n) is 21.3. The summed E-state index contributed by atoms with van der Waals surface area (Å²) < 4.78 is 7.34. The van der Waals surface area contributed by atoms with E-state index in [1.54, 1.807) is 23.1 Å². The predicted molar refractivity (Wildman–Crippen MR) is 154 cm³/mol. The lowest BCUT2D eigenvalue weighted by Gasteiger charge is -2.16. The zero-order chi connectivity index (χ0) is 28.2. The number of aromatic amines is 1. The molecule has 0 radical (unpaired) electrons. The molecule has 1 fully saturated rings. The molecule has 0 aliphatic carbocycles. The number of carbonyl (C=O) groups excluding carboxylic acids is 2. The maximum absolute atomic E-state index is 12.8. The Balaban J connectivity index is 1.26. The highest BCUT2D eigenvalue weighted by Gasteiger charge is 2.19. The molecule has 1 aliphatic heterocycles. The monoisotopic (exact) mass is 581 g/mol. The summed E-state index contributed by atoms with van der Waals surface area (Å²) in [7, 11) is 0. The number of aromatic nitrogens is 3. The lowest BCUT2D eigenvalue weighted by molar-refractivity contribution is 0.222. The van der Waals surface area contributed by atoms with Gasteiger partial charge in [-0.05, 0) is 50.1 Å². The summed E-state index contributed by atoms with van der Waals surface area (Å²) in [5.74, 6) is 1.18. The summed E-state index contributed by atoms with van der Waals surface area (Å²) in [6, 6.07) is 14.1. The number of pyridine rings is 1. The molecule has 1 saturated heterocycles. The van der Waals surface area contributed by atoms with Crippen LogP contribution in [0.5, 0.6) is 11.5 Å². The highest BCUT2D eigenvalue weighted by atomic mass is 35.5. The number of urea groups is 2. The average molecular weight is 582 g/mol. The van der Waals surface area contributed by atoms with E-state index in [1.807, 2.05) is 31.2 Å². The maximum Gasteiger partial charge on any atom is 0.324 e. The molecule has 0 spiro atoms. The van der Waals surface area contributed by atoms with Gasteiger partial charge in [0, 0.05) is 31.4 Å². The van der Waals surface area contributed by atoms with E-state index in [0.29, 0.717) is 30.3 Å². The van der Waals surface area contributed by atoms with Crippen molar-refractivity contribution in [2.75, 3.05) is 29.0 Å². The third-order valence-corrected chi connectivity index (χ3v) is 7.01. The molecule has 4 amide bonds. The number of H-pyrrole nitrogens is 1. The van der Waals surface area contributed by atoms with Crippen LogP contribution in [-0.4, -0.2) is 44.8 Å². The number of aryl methyl sites for hydroxylation is 1. The zero-order valence-corrected chi connectivity index (χ0v) is 22.8. The van der Waals surface area contributed by atoms with Gasteiger partial charge >= 0.3 is 12.1 Å². The Hall–Kier alpha value is -4.48. The average Bonchev–Trinajstić information content (AvgIpc) is 3.59. The van der Waals surface area contributed by atoms with Crippen molar-refractivity contribution in [1.82, 2.24) is 19.7 Å². The highest BCUT2D eigenvalue weighted by molar-refractivity contribution is 6.45. The molecule has 2 aromatic heterocycles. The number of anilines is 3. The third kappa shape index (κ3) is 6.22. The molecule has 0 atom stereocenters. The fraction of sp³-hybridized carbons (Fsp3) is 0.185. The minimum atomic E-state index is -0.640. The van der Waals surface area contributed by atoms with Gasteiger partial charge in [0.2, 0.25) is 0 Å². The molecule has 0 bridgehead atoms. The molecular weight excluding hydrogens is 557 g/mol. The van der Waals surface area contributed by atoms with Crippen LogP contribution >= 0.6 is 23.2 Å². The first-order valence-corrected chi connectivity index (χ1v) is 13.2. The van der Waals surface area contributed by atoms with Crippen molar-refractivity contribution in [1.29, 1.82) is 0 Å². The van der Waals surface area contributed by atoms with Crippen molar-refractivity contribution in [3.8, 4) is 17.2 Å². The fourth-order valence-electron chi connectivity index (χ4n) is 4.14. The summed E-state index contributed by atoms with van der Waals surface area (Å²) in [4.78, 5) is 43.0. The molecule has 4 N–H and O–H groups in total. The molecule has 11 nitrogen and oxygen atoms in total. The van der Waals surface area contributed by atoms with Gasteiger partial charge in [0.25, 0.3) is 5.56 Å². The summed E-state index contributed by atoms with van der Waals surface area (Å²) in [5.41, 5.74) is 1.57. The molecule has 40 heavy (non-hydrogen) atoms. The number of nitrogens with one attached hydrogen (secondary N) is 4. The first-order valence-electron chi connectivity index (χ1n) is 12.4. The van der Waals surface area contributed by atoms with Crippen molar-refractivity contribution >= 4 is 52.6 Å². The van der Waals surface area contributed by atoms with Gasteiger partial charge in [0.15, 0.2) is 0 Å². The van der Waals surface area contributed by atoms with Gasteiger partial charge < -0.3 is 15.0 Å². The number of nitrogens with zero attached hydrogens (tertiary/aromatic N) is 3. The van der Waals surface area contributed by atoms with E-state index in [4.69, 9.17) is 27.9 Å². The van der Waals surface area contributed by atoms with Crippen LogP contribution in [0.25, 0.3) is 5.69 Å². The highest BCUT2D eigenvalue weighted by Crippen LogP contribution is 2.39. The number of hydrogen-bond donors (Lipinski definition) is 4. The van der Waals surface area contributed by atoms with Gasteiger partial charge in [-0.2, -0.15) is 0 Å². The Morgan fingerprint density at radius 3 is 2.45 bits per heavy atom. The van der Waals surface area contributed by atoms with Gasteiger partial charge in [-0.15, -0.1) is 0 Å². The minimum absolute atomic E-state index is 0.0518. The number of rotatable bonds is 6. The van der Waals surface area contributed by atoms with E-state index in [-0.39, 0.29) is 38.9 Å². The summed E-state index contributed by atoms with van der Waals surface area (Å²) >= 11 is 12.9. The second-order valence-electron chi connectivity index (χ2n) is 9.10. The molecule has 5 rings (SSSR count). The molecular formula is C27H25Cl2N7O4. The van der Waals surface area contributed by atoms with E-state index in [9.17, 15) is 14.4 Å². The lowest BCUT2D eigenvalue weighted by atomic mass is 10.2. The van der Waals surface area contributed by atoms with Crippen LogP contribution in [0.2, 0.25) is 10.0 Å². The predicted octanol–water partition coefficient (Wildman–Crippen LogP) is 6.24. The largest absolute Gasteiger partial charge is 0.456 e. The van der Waals surface area contributed by atoms with Gasteiger partial charge in [0.05, 0.1) is 16.4 Å². The first-order chi connectivity index (χ1) is 19.3. The van der Waals surface area contributed by atoms with Crippen LogP contribution in [0.1, 0.15) is 18.4 Å². The Kier molecular flexibility index (Phi) is 7.94.